The number of carbonyl (C=O) groups excluding carboxylic acids is 1. The Morgan fingerprint density at radius 1 is 1.21 bits per heavy atom. The van der Waals surface area contributed by atoms with Gasteiger partial charge in [0.25, 0.3) is 0 Å². The van der Waals surface area contributed by atoms with Crippen LogP contribution in [0.2, 0.25) is 0 Å². The van der Waals surface area contributed by atoms with Gasteiger partial charge >= 0.3 is 0 Å². The number of phenolic OH excluding ortho intramolecular Hbond substituents is 1. The molecule has 0 radical (unpaired) electrons. The predicted molar refractivity (Wildman–Crippen MR) is 97.8 cm³/mol. The van der Waals surface area contributed by atoms with Gasteiger partial charge in [-0.05, 0) is 57.7 Å². The van der Waals surface area contributed by atoms with Crippen molar-refractivity contribution in [2.45, 2.75) is 70.4 Å². The van der Waals surface area contributed by atoms with Gasteiger partial charge in [-0.15, -0.1) is 0 Å². The Balaban J connectivity index is 1.59. The molecule has 0 atom stereocenters. The zero-order valence-corrected chi connectivity index (χ0v) is 15.0. The molecular weight excluding hydrogens is 300 g/mol. The average Bonchev–Trinajstić information content (AvgIpc) is 2.58. The summed E-state index contributed by atoms with van der Waals surface area (Å²) in [6.45, 7) is 6.21. The molecular formula is C20H30N2O2. The van der Waals surface area contributed by atoms with E-state index in [0.29, 0.717) is 22.8 Å². The third kappa shape index (κ3) is 3.75. The van der Waals surface area contributed by atoms with E-state index in [9.17, 15) is 9.90 Å². The van der Waals surface area contributed by atoms with Gasteiger partial charge in [0.2, 0.25) is 0 Å². The fourth-order valence-corrected chi connectivity index (χ4v) is 4.28. The van der Waals surface area contributed by atoms with Crippen LogP contribution in [-0.4, -0.2) is 40.5 Å². The molecule has 0 bridgehead atoms. The predicted octanol–water partition coefficient (Wildman–Crippen LogP) is 4.19. The second-order valence-corrected chi connectivity index (χ2v) is 7.75. The summed E-state index contributed by atoms with van der Waals surface area (Å²) in [5.74, 6) is 0.250. The zero-order chi connectivity index (χ0) is 17.2. The Morgan fingerprint density at radius 2 is 1.88 bits per heavy atom. The minimum atomic E-state index is 0.0260. The highest BCUT2D eigenvalue weighted by Gasteiger charge is 2.35. The summed E-state index contributed by atoms with van der Waals surface area (Å²) < 4.78 is 0. The maximum atomic E-state index is 11.5. The van der Waals surface area contributed by atoms with Crippen molar-refractivity contribution in [1.82, 2.24) is 4.90 Å². The second kappa shape index (κ2) is 7.14. The third-order valence-corrected chi connectivity index (χ3v) is 5.95. The number of piperidine rings is 1. The number of nitrogens with one attached hydrogen (secondary N) is 1. The van der Waals surface area contributed by atoms with Crippen LogP contribution in [0.5, 0.6) is 5.75 Å². The van der Waals surface area contributed by atoms with E-state index in [1.54, 1.807) is 25.1 Å². The van der Waals surface area contributed by atoms with Crippen molar-refractivity contribution < 1.29 is 9.90 Å². The average molecular weight is 330 g/mol. The van der Waals surface area contributed by atoms with Gasteiger partial charge in [0.15, 0.2) is 5.78 Å². The number of ketones is 1. The number of carbonyl (C=O) groups is 1. The van der Waals surface area contributed by atoms with E-state index in [4.69, 9.17) is 0 Å². The van der Waals surface area contributed by atoms with Crippen LogP contribution in [0.3, 0.4) is 0 Å². The van der Waals surface area contributed by atoms with Gasteiger partial charge in [-0.1, -0.05) is 19.3 Å². The SMILES string of the molecule is CC(=O)c1ccc(O)c(NC2CCN(C3(C)CCCCC3)CC2)c1. The molecule has 0 unspecified atom stereocenters. The lowest BCUT2D eigenvalue weighted by atomic mass is 9.80. The molecule has 4 nitrogen and oxygen atoms in total. The Kier molecular flexibility index (Phi) is 5.14. The molecule has 1 aliphatic heterocycles. The van der Waals surface area contributed by atoms with E-state index in [1.165, 1.54) is 32.1 Å². The molecule has 1 aliphatic carbocycles. The van der Waals surface area contributed by atoms with E-state index in [-0.39, 0.29) is 11.5 Å². The number of aromatic hydroxyl groups is 1. The van der Waals surface area contributed by atoms with Gasteiger partial charge in [-0.3, -0.25) is 9.69 Å². The Labute approximate surface area is 145 Å². The van der Waals surface area contributed by atoms with Gasteiger partial charge in [-0.25, -0.2) is 0 Å². The number of likely N-dealkylation sites (tertiary alicyclic amines) is 1. The minimum absolute atomic E-state index is 0.0260. The lowest BCUT2D eigenvalue weighted by Crippen LogP contribution is -2.52. The molecule has 4 heteroatoms. The molecule has 1 saturated heterocycles. The minimum Gasteiger partial charge on any atom is -0.506 e. The molecule has 0 spiro atoms. The normalized spacial score (nSPS) is 22.2. The van der Waals surface area contributed by atoms with E-state index >= 15 is 0 Å². The summed E-state index contributed by atoms with van der Waals surface area (Å²) in [4.78, 5) is 14.2. The summed E-state index contributed by atoms with van der Waals surface area (Å²) in [7, 11) is 0. The first-order chi connectivity index (χ1) is 11.5. The smallest absolute Gasteiger partial charge is 0.159 e. The summed E-state index contributed by atoms with van der Waals surface area (Å²) >= 11 is 0. The fraction of sp³-hybridized carbons (Fsp3) is 0.650. The highest BCUT2D eigenvalue weighted by Crippen LogP contribution is 2.35. The number of hydrogen-bond acceptors (Lipinski definition) is 4. The van der Waals surface area contributed by atoms with Crippen molar-refractivity contribution in [3.8, 4) is 5.75 Å². The van der Waals surface area contributed by atoms with Crippen molar-refractivity contribution in [3.05, 3.63) is 23.8 Å². The Morgan fingerprint density at radius 3 is 2.50 bits per heavy atom. The van der Waals surface area contributed by atoms with Crippen molar-refractivity contribution in [2.75, 3.05) is 18.4 Å². The molecule has 1 saturated carbocycles. The van der Waals surface area contributed by atoms with Gasteiger partial charge in [0.05, 0.1) is 5.69 Å². The summed E-state index contributed by atoms with van der Waals surface area (Å²) in [5, 5.41) is 13.5. The molecule has 1 heterocycles. The van der Waals surface area contributed by atoms with Gasteiger partial charge in [-0.2, -0.15) is 0 Å². The van der Waals surface area contributed by atoms with Crippen LogP contribution >= 0.6 is 0 Å². The van der Waals surface area contributed by atoms with Crippen LogP contribution in [-0.2, 0) is 0 Å². The maximum Gasteiger partial charge on any atom is 0.159 e. The number of Topliss-reactive ketones (excluding diaryl/α,β-unsaturated/α-hetero) is 1. The van der Waals surface area contributed by atoms with E-state index < -0.39 is 0 Å². The van der Waals surface area contributed by atoms with Crippen molar-refractivity contribution in [1.29, 1.82) is 0 Å². The summed E-state index contributed by atoms with van der Waals surface area (Å²) in [5.41, 5.74) is 1.72. The first-order valence-electron chi connectivity index (χ1n) is 9.33. The summed E-state index contributed by atoms with van der Waals surface area (Å²) in [6.07, 6.45) is 8.93. The number of benzene rings is 1. The molecule has 1 aromatic carbocycles. The lowest BCUT2D eigenvalue weighted by Gasteiger charge is -2.47. The number of phenols is 1. The van der Waals surface area contributed by atoms with Crippen LogP contribution in [0.1, 0.15) is 69.2 Å². The fourth-order valence-electron chi connectivity index (χ4n) is 4.28. The lowest BCUT2D eigenvalue weighted by molar-refractivity contribution is 0.0457. The Bertz CT molecular complexity index is 585. The first-order valence-corrected chi connectivity index (χ1v) is 9.33. The number of anilines is 1. The van der Waals surface area contributed by atoms with Crippen LogP contribution in [0.25, 0.3) is 0 Å². The molecule has 1 aromatic rings. The maximum absolute atomic E-state index is 11.5. The van der Waals surface area contributed by atoms with E-state index in [2.05, 4.69) is 17.1 Å². The van der Waals surface area contributed by atoms with Crippen LogP contribution in [0.15, 0.2) is 18.2 Å². The van der Waals surface area contributed by atoms with Crippen LogP contribution in [0.4, 0.5) is 5.69 Å². The monoisotopic (exact) mass is 330 g/mol. The van der Waals surface area contributed by atoms with Crippen molar-refractivity contribution >= 4 is 11.5 Å². The molecule has 2 fully saturated rings. The van der Waals surface area contributed by atoms with Crippen molar-refractivity contribution in [3.63, 3.8) is 0 Å². The van der Waals surface area contributed by atoms with Crippen LogP contribution < -0.4 is 5.32 Å². The van der Waals surface area contributed by atoms with Gasteiger partial charge in [0, 0.05) is 30.2 Å². The standard InChI is InChI=1S/C20H30N2O2/c1-15(23)16-6-7-19(24)18(14-16)21-17-8-12-22(13-9-17)20(2)10-4-3-5-11-20/h6-7,14,17,21,24H,3-5,8-13H2,1-2H3. The first kappa shape index (κ1) is 17.3. The quantitative estimate of drug-likeness (QED) is 0.642. The second-order valence-electron chi connectivity index (χ2n) is 7.75. The number of rotatable bonds is 4. The zero-order valence-electron chi connectivity index (χ0n) is 15.0. The van der Waals surface area contributed by atoms with E-state index in [0.717, 1.165) is 25.9 Å². The molecule has 132 valence electrons. The highest BCUT2D eigenvalue weighted by molar-refractivity contribution is 5.95. The van der Waals surface area contributed by atoms with Gasteiger partial charge < -0.3 is 10.4 Å². The number of nitrogens with zero attached hydrogens (tertiary/aromatic N) is 1. The summed E-state index contributed by atoms with van der Waals surface area (Å²) in [6, 6.07) is 5.42. The molecule has 0 amide bonds. The molecule has 2 N–H and O–H groups in total. The van der Waals surface area contributed by atoms with E-state index in [1.807, 2.05) is 0 Å². The van der Waals surface area contributed by atoms with Crippen LogP contribution in [0, 0.1) is 0 Å². The molecule has 24 heavy (non-hydrogen) atoms. The highest BCUT2D eigenvalue weighted by atomic mass is 16.3. The largest absolute Gasteiger partial charge is 0.506 e. The molecule has 0 aromatic heterocycles. The van der Waals surface area contributed by atoms with Crippen molar-refractivity contribution in [2.24, 2.45) is 0 Å². The number of hydrogen-bond donors (Lipinski definition) is 2. The Hall–Kier alpha value is -1.55. The molecule has 2 aliphatic rings. The third-order valence-electron chi connectivity index (χ3n) is 5.95. The molecule has 3 rings (SSSR count). The topological polar surface area (TPSA) is 52.6 Å². The van der Waals surface area contributed by atoms with Gasteiger partial charge in [0.1, 0.15) is 5.75 Å².